The first-order chi connectivity index (χ1) is 14.0. The first-order valence-corrected chi connectivity index (χ1v) is 10.0. The zero-order chi connectivity index (χ0) is 20.8. The average molecular weight is 464 g/mol. The second kappa shape index (κ2) is 9.65. The fraction of sp³-hybridized carbons (Fsp3) is 0.333. The van der Waals surface area contributed by atoms with Crippen LogP contribution in [0.4, 0.5) is 4.79 Å². The summed E-state index contributed by atoms with van der Waals surface area (Å²) in [6.45, 7) is 1.41. The smallest absolute Gasteiger partial charge is 0.415 e. The average Bonchev–Trinajstić information content (AvgIpc) is 2.74. The molecule has 1 heterocycles. The maximum atomic E-state index is 12.6. The van der Waals surface area contributed by atoms with Gasteiger partial charge in [0.1, 0.15) is 21.7 Å². The van der Waals surface area contributed by atoms with E-state index in [1.165, 1.54) is 6.07 Å². The zero-order valence-corrected chi connectivity index (χ0v) is 17.6. The van der Waals surface area contributed by atoms with E-state index in [0.29, 0.717) is 47.7 Å². The Kier molecular flexibility index (Phi) is 6.98. The molecule has 8 heteroatoms. The van der Waals surface area contributed by atoms with Gasteiger partial charge in [-0.15, -0.1) is 0 Å². The summed E-state index contributed by atoms with van der Waals surface area (Å²) < 4.78 is 17.1. The maximum absolute atomic E-state index is 12.6. The van der Waals surface area contributed by atoms with E-state index in [1.54, 1.807) is 42.3 Å². The molecule has 29 heavy (non-hydrogen) atoms. The molecule has 7 nitrogen and oxygen atoms in total. The van der Waals surface area contributed by atoms with Gasteiger partial charge in [-0.2, -0.15) is 0 Å². The largest absolute Gasteiger partial charge is 0.507 e. The first kappa shape index (κ1) is 21.0. The molecule has 1 N–H and O–H groups in total. The van der Waals surface area contributed by atoms with Gasteiger partial charge < -0.3 is 24.2 Å². The highest BCUT2D eigenvalue weighted by atomic mass is 79.9. The number of benzene rings is 2. The van der Waals surface area contributed by atoms with E-state index in [1.807, 2.05) is 0 Å². The molecule has 0 spiro atoms. The lowest BCUT2D eigenvalue weighted by Gasteiger charge is -2.32. The van der Waals surface area contributed by atoms with Gasteiger partial charge in [0.15, 0.2) is 12.0 Å². The molecule has 0 aromatic heterocycles. The van der Waals surface area contributed by atoms with Gasteiger partial charge in [0, 0.05) is 19.0 Å². The highest BCUT2D eigenvalue weighted by Gasteiger charge is 2.26. The lowest BCUT2D eigenvalue weighted by Crippen LogP contribution is -2.43. The topological polar surface area (TPSA) is 85.3 Å². The van der Waals surface area contributed by atoms with Gasteiger partial charge in [-0.25, -0.2) is 4.79 Å². The number of hydrogen-bond acceptors (Lipinski definition) is 6. The Morgan fingerprint density at radius 1 is 1.24 bits per heavy atom. The summed E-state index contributed by atoms with van der Waals surface area (Å²) >= 11 is 3.39. The van der Waals surface area contributed by atoms with Crippen molar-refractivity contribution in [3.8, 4) is 23.0 Å². The lowest BCUT2D eigenvalue weighted by atomic mass is 9.99. The SMILES string of the molecule is COc1cccc(OC(=O)N2CCC[C@@H](COc3cccc(O)c3C=O)C2)c1Br. The van der Waals surface area contributed by atoms with Crippen molar-refractivity contribution in [1.82, 2.24) is 4.90 Å². The van der Waals surface area contributed by atoms with Crippen molar-refractivity contribution in [3.05, 3.63) is 46.4 Å². The molecule has 1 saturated heterocycles. The molecule has 3 rings (SSSR count). The van der Waals surface area contributed by atoms with Crippen LogP contribution in [-0.4, -0.2) is 49.2 Å². The number of rotatable bonds is 6. The minimum atomic E-state index is -0.436. The number of phenolic OH excluding ortho intramolecular Hbond substituents is 1. The number of aromatic hydroxyl groups is 1. The maximum Gasteiger partial charge on any atom is 0.415 e. The second-order valence-corrected chi connectivity index (χ2v) is 7.51. The number of piperidine rings is 1. The molecule has 1 aliphatic heterocycles. The van der Waals surface area contributed by atoms with E-state index in [9.17, 15) is 14.7 Å². The van der Waals surface area contributed by atoms with Crippen LogP contribution in [0, 0.1) is 5.92 Å². The molecular formula is C21H22BrNO6. The van der Waals surface area contributed by atoms with Crippen molar-refractivity contribution < 1.29 is 28.9 Å². The summed E-state index contributed by atoms with van der Waals surface area (Å²) in [6.07, 6.45) is 1.85. The van der Waals surface area contributed by atoms with E-state index in [0.717, 1.165) is 12.8 Å². The van der Waals surface area contributed by atoms with Crippen LogP contribution in [0.25, 0.3) is 0 Å². The molecular weight excluding hydrogens is 442 g/mol. The summed E-state index contributed by atoms with van der Waals surface area (Å²) in [5, 5.41) is 9.75. The molecule has 0 aliphatic carbocycles. The number of phenols is 1. The van der Waals surface area contributed by atoms with Crippen LogP contribution < -0.4 is 14.2 Å². The van der Waals surface area contributed by atoms with Crippen molar-refractivity contribution in [1.29, 1.82) is 0 Å². The predicted octanol–water partition coefficient (Wildman–Crippen LogP) is 4.27. The standard InChI is InChI=1S/C21H22BrNO6/c1-27-18-8-3-9-19(20(18)22)29-21(26)23-10-4-5-14(11-23)13-28-17-7-2-6-16(25)15(17)12-24/h2-3,6-9,12,14,25H,4-5,10-11,13H2,1H3/t14-/m1/s1. The number of nitrogens with zero attached hydrogens (tertiary/aromatic N) is 1. The van der Waals surface area contributed by atoms with E-state index >= 15 is 0 Å². The minimum Gasteiger partial charge on any atom is -0.507 e. The molecule has 0 unspecified atom stereocenters. The van der Waals surface area contributed by atoms with Crippen LogP contribution >= 0.6 is 15.9 Å². The fourth-order valence-electron chi connectivity index (χ4n) is 3.24. The van der Waals surface area contributed by atoms with Crippen molar-refractivity contribution in [2.75, 3.05) is 26.8 Å². The number of carbonyl (C=O) groups excluding carboxylic acids is 2. The molecule has 0 bridgehead atoms. The Labute approximate surface area is 177 Å². The molecule has 2 aromatic carbocycles. The summed E-state index contributed by atoms with van der Waals surface area (Å²) in [4.78, 5) is 25.4. The van der Waals surface area contributed by atoms with E-state index in [-0.39, 0.29) is 17.2 Å². The van der Waals surface area contributed by atoms with Gasteiger partial charge in [0.25, 0.3) is 0 Å². The number of hydrogen-bond donors (Lipinski definition) is 1. The third kappa shape index (κ3) is 5.00. The van der Waals surface area contributed by atoms with E-state index in [2.05, 4.69) is 15.9 Å². The Bertz CT molecular complexity index is 887. The molecule has 1 aliphatic rings. The molecule has 1 amide bonds. The molecule has 0 radical (unpaired) electrons. The number of aldehydes is 1. The quantitative estimate of drug-likeness (QED) is 0.643. The fourth-order valence-corrected chi connectivity index (χ4v) is 3.74. The highest BCUT2D eigenvalue weighted by Crippen LogP contribution is 2.34. The normalized spacial score (nSPS) is 16.2. The molecule has 1 atom stereocenters. The summed E-state index contributed by atoms with van der Waals surface area (Å²) in [5.41, 5.74) is 0.127. The first-order valence-electron chi connectivity index (χ1n) is 9.22. The van der Waals surface area contributed by atoms with Crippen molar-refractivity contribution in [2.24, 2.45) is 5.92 Å². The minimum absolute atomic E-state index is 0.0897. The van der Waals surface area contributed by atoms with Gasteiger partial charge in [-0.1, -0.05) is 12.1 Å². The summed E-state index contributed by atoms with van der Waals surface area (Å²) in [6, 6.07) is 9.90. The van der Waals surface area contributed by atoms with Crippen LogP contribution in [0.3, 0.4) is 0 Å². The van der Waals surface area contributed by atoms with Gasteiger partial charge in [0.05, 0.1) is 19.3 Å². The molecule has 2 aromatic rings. The van der Waals surface area contributed by atoms with Crippen LogP contribution in [0.1, 0.15) is 23.2 Å². The Morgan fingerprint density at radius 3 is 2.72 bits per heavy atom. The Hall–Kier alpha value is -2.74. The predicted molar refractivity (Wildman–Crippen MR) is 110 cm³/mol. The summed E-state index contributed by atoms with van der Waals surface area (Å²) in [7, 11) is 1.55. The van der Waals surface area contributed by atoms with Gasteiger partial charge >= 0.3 is 6.09 Å². The number of halogens is 1. The van der Waals surface area contributed by atoms with Gasteiger partial charge in [-0.3, -0.25) is 4.79 Å². The van der Waals surface area contributed by atoms with Gasteiger partial charge in [-0.05, 0) is 53.0 Å². The van der Waals surface area contributed by atoms with Crippen molar-refractivity contribution in [3.63, 3.8) is 0 Å². The number of ether oxygens (including phenoxy) is 3. The number of likely N-dealkylation sites (tertiary alicyclic amines) is 1. The highest BCUT2D eigenvalue weighted by molar-refractivity contribution is 9.10. The third-order valence-electron chi connectivity index (χ3n) is 4.76. The summed E-state index contributed by atoms with van der Waals surface area (Å²) in [5.74, 6) is 1.28. The Balaban J connectivity index is 1.60. The van der Waals surface area contributed by atoms with Crippen LogP contribution in [0.5, 0.6) is 23.0 Å². The lowest BCUT2D eigenvalue weighted by molar-refractivity contribution is 0.107. The third-order valence-corrected chi connectivity index (χ3v) is 5.54. The zero-order valence-electron chi connectivity index (χ0n) is 16.0. The second-order valence-electron chi connectivity index (χ2n) is 6.71. The van der Waals surface area contributed by atoms with E-state index in [4.69, 9.17) is 14.2 Å². The van der Waals surface area contributed by atoms with Crippen LogP contribution in [-0.2, 0) is 0 Å². The molecule has 0 saturated carbocycles. The van der Waals surface area contributed by atoms with Crippen LogP contribution in [0.15, 0.2) is 40.9 Å². The van der Waals surface area contributed by atoms with E-state index < -0.39 is 6.09 Å². The monoisotopic (exact) mass is 463 g/mol. The van der Waals surface area contributed by atoms with Crippen LogP contribution in [0.2, 0.25) is 0 Å². The molecule has 154 valence electrons. The number of carbonyl (C=O) groups is 2. The molecule has 1 fully saturated rings. The van der Waals surface area contributed by atoms with Crippen molar-refractivity contribution >= 4 is 28.3 Å². The van der Waals surface area contributed by atoms with Gasteiger partial charge in [0.2, 0.25) is 0 Å². The van der Waals surface area contributed by atoms with Crippen molar-refractivity contribution in [2.45, 2.75) is 12.8 Å². The Morgan fingerprint density at radius 2 is 1.97 bits per heavy atom. The number of amides is 1. The number of methoxy groups -OCH3 is 1.